The number of hydrogen-bond acceptors (Lipinski definition) is 5. The first-order valence-corrected chi connectivity index (χ1v) is 8.33. The Morgan fingerprint density at radius 3 is 1.86 bits per heavy atom. The van der Waals surface area contributed by atoms with Gasteiger partial charge in [-0.3, -0.25) is 0 Å². The van der Waals surface area contributed by atoms with E-state index in [1.807, 2.05) is 0 Å². The Morgan fingerprint density at radius 1 is 0.909 bits per heavy atom. The molecule has 0 saturated carbocycles. The van der Waals surface area contributed by atoms with Crippen molar-refractivity contribution in [2.75, 3.05) is 5.08 Å². The molecule has 0 atom stereocenters. The van der Waals surface area contributed by atoms with Crippen LogP contribution in [0.4, 0.5) is 26.3 Å². The van der Waals surface area contributed by atoms with Crippen molar-refractivity contribution >= 4 is 19.7 Å². The van der Waals surface area contributed by atoms with Crippen LogP contribution in [0.3, 0.4) is 0 Å². The highest BCUT2D eigenvalue weighted by Gasteiger charge is 2.49. The summed E-state index contributed by atoms with van der Waals surface area (Å²) in [5.41, 5.74) is -5.86. The number of halogens is 6. The molecule has 126 valence electrons. The standard InChI is InChI=1S/C9H6F6O5S2/c10-8(11,12)20-6-3-1-2-4-7(6)21(16,17)5-22(18,19)9(13,14)15/h1-4H,5H2. The van der Waals surface area contributed by atoms with Crippen LogP contribution in [-0.2, 0) is 19.7 Å². The summed E-state index contributed by atoms with van der Waals surface area (Å²) in [4.78, 5) is -1.32. The van der Waals surface area contributed by atoms with Crippen molar-refractivity contribution in [3.05, 3.63) is 24.3 Å². The Balaban J connectivity index is 3.32. The molecule has 0 unspecified atom stereocenters. The van der Waals surface area contributed by atoms with E-state index in [0.29, 0.717) is 12.1 Å². The van der Waals surface area contributed by atoms with E-state index in [4.69, 9.17) is 0 Å². The lowest BCUT2D eigenvalue weighted by Crippen LogP contribution is -2.30. The van der Waals surface area contributed by atoms with Gasteiger partial charge in [0.2, 0.25) is 0 Å². The second kappa shape index (κ2) is 5.61. The zero-order valence-electron chi connectivity index (χ0n) is 10.1. The van der Waals surface area contributed by atoms with Gasteiger partial charge in [0.25, 0.3) is 9.84 Å². The second-order valence-electron chi connectivity index (χ2n) is 3.79. The van der Waals surface area contributed by atoms with Crippen LogP contribution < -0.4 is 4.74 Å². The lowest BCUT2D eigenvalue weighted by molar-refractivity contribution is -0.275. The molecule has 0 aliphatic rings. The zero-order chi connectivity index (χ0) is 17.4. The molecule has 1 rings (SSSR count). The maximum Gasteiger partial charge on any atom is 0.573 e. The molecule has 1 aromatic rings. The summed E-state index contributed by atoms with van der Waals surface area (Å²) >= 11 is 0. The topological polar surface area (TPSA) is 77.5 Å². The molecule has 0 saturated heterocycles. The highest BCUT2D eigenvalue weighted by molar-refractivity contribution is 8.08. The van der Waals surface area contributed by atoms with Crippen molar-refractivity contribution in [3.63, 3.8) is 0 Å². The molecular formula is C9H6F6O5S2. The summed E-state index contributed by atoms with van der Waals surface area (Å²) in [6, 6.07) is 2.86. The maximum atomic E-state index is 12.2. The van der Waals surface area contributed by atoms with Crippen LogP contribution in [0.1, 0.15) is 0 Å². The van der Waals surface area contributed by atoms with Crippen LogP contribution >= 0.6 is 0 Å². The molecular weight excluding hydrogens is 366 g/mol. The van der Waals surface area contributed by atoms with E-state index in [9.17, 15) is 43.2 Å². The number of hydrogen-bond donors (Lipinski definition) is 0. The number of alkyl halides is 6. The molecule has 0 spiro atoms. The molecule has 0 fully saturated rings. The van der Waals surface area contributed by atoms with Gasteiger partial charge in [-0.05, 0) is 12.1 Å². The predicted octanol–water partition coefficient (Wildman–Crippen LogP) is 2.25. The Hall–Kier alpha value is -1.50. The van der Waals surface area contributed by atoms with E-state index in [2.05, 4.69) is 4.74 Å². The van der Waals surface area contributed by atoms with Gasteiger partial charge in [-0.15, -0.1) is 13.2 Å². The molecule has 0 aliphatic carbocycles. The average Bonchev–Trinajstić information content (AvgIpc) is 2.23. The number of sulfone groups is 2. The van der Waals surface area contributed by atoms with Crippen molar-refractivity contribution in [2.45, 2.75) is 16.8 Å². The number of rotatable bonds is 4. The molecule has 0 aromatic heterocycles. The Morgan fingerprint density at radius 2 is 1.41 bits per heavy atom. The Labute approximate surface area is 120 Å². The molecule has 0 amide bonds. The van der Waals surface area contributed by atoms with Gasteiger partial charge in [0, 0.05) is 0 Å². The van der Waals surface area contributed by atoms with Gasteiger partial charge in [0.05, 0.1) is 0 Å². The highest BCUT2D eigenvalue weighted by atomic mass is 32.3. The smallest absolute Gasteiger partial charge is 0.404 e. The molecule has 1 aromatic carbocycles. The molecule has 0 N–H and O–H groups in total. The highest BCUT2D eigenvalue weighted by Crippen LogP contribution is 2.32. The van der Waals surface area contributed by atoms with Crippen LogP contribution in [0.15, 0.2) is 29.2 Å². The van der Waals surface area contributed by atoms with Crippen molar-refractivity contribution < 1.29 is 47.9 Å². The van der Waals surface area contributed by atoms with E-state index in [1.165, 1.54) is 0 Å². The molecule has 5 nitrogen and oxygen atoms in total. The Bertz CT molecular complexity index is 747. The van der Waals surface area contributed by atoms with Crippen LogP contribution in [0, 0.1) is 0 Å². The summed E-state index contributed by atoms with van der Waals surface area (Å²) in [5.74, 6) is -1.33. The summed E-state index contributed by atoms with van der Waals surface area (Å²) < 4.78 is 121. The van der Waals surface area contributed by atoms with Crippen molar-refractivity contribution in [1.29, 1.82) is 0 Å². The van der Waals surface area contributed by atoms with Gasteiger partial charge in [-0.2, -0.15) is 13.2 Å². The first-order valence-electron chi connectivity index (χ1n) is 5.02. The summed E-state index contributed by atoms with van der Waals surface area (Å²) in [6.45, 7) is 0. The lowest BCUT2D eigenvalue weighted by atomic mass is 10.3. The lowest BCUT2D eigenvalue weighted by Gasteiger charge is -2.14. The summed E-state index contributed by atoms with van der Waals surface area (Å²) in [5, 5.41) is -2.43. The van der Waals surface area contributed by atoms with E-state index in [-0.39, 0.29) is 0 Å². The minimum absolute atomic E-state index is 0.502. The summed E-state index contributed by atoms with van der Waals surface area (Å²) in [7, 11) is -11.3. The zero-order valence-corrected chi connectivity index (χ0v) is 11.8. The third-order valence-corrected chi connectivity index (χ3v) is 6.27. The van der Waals surface area contributed by atoms with Crippen molar-refractivity contribution in [3.8, 4) is 5.75 Å². The van der Waals surface area contributed by atoms with Crippen molar-refractivity contribution in [2.24, 2.45) is 0 Å². The first-order chi connectivity index (χ1) is 9.66. The van der Waals surface area contributed by atoms with Crippen LogP contribution in [0.5, 0.6) is 5.75 Å². The number of benzene rings is 1. The SMILES string of the molecule is O=S(=O)(CS(=O)(=O)C(F)(F)F)c1ccccc1OC(F)(F)F. The van der Waals surface area contributed by atoms with Gasteiger partial charge in [0.1, 0.15) is 10.6 Å². The third kappa shape index (κ3) is 4.50. The van der Waals surface area contributed by atoms with Gasteiger partial charge in [0.15, 0.2) is 14.9 Å². The number of para-hydroxylation sites is 1. The molecule has 22 heavy (non-hydrogen) atoms. The van der Waals surface area contributed by atoms with Crippen molar-refractivity contribution in [1.82, 2.24) is 0 Å². The van der Waals surface area contributed by atoms with E-state index in [0.717, 1.165) is 12.1 Å². The predicted molar refractivity (Wildman–Crippen MR) is 60.2 cm³/mol. The molecule has 13 heteroatoms. The average molecular weight is 372 g/mol. The molecule has 0 radical (unpaired) electrons. The quantitative estimate of drug-likeness (QED) is 0.758. The first kappa shape index (κ1) is 18.5. The van der Waals surface area contributed by atoms with Gasteiger partial charge in [-0.25, -0.2) is 16.8 Å². The normalized spacial score (nSPS) is 13.9. The van der Waals surface area contributed by atoms with Crippen LogP contribution in [0.25, 0.3) is 0 Å². The minimum atomic E-state index is -6.09. The van der Waals surface area contributed by atoms with Gasteiger partial charge in [-0.1, -0.05) is 12.1 Å². The summed E-state index contributed by atoms with van der Waals surface area (Å²) in [6.07, 6.45) is -5.31. The van der Waals surface area contributed by atoms with E-state index >= 15 is 0 Å². The fourth-order valence-electron chi connectivity index (χ4n) is 1.25. The van der Waals surface area contributed by atoms with Gasteiger partial charge >= 0.3 is 11.9 Å². The fourth-order valence-corrected chi connectivity index (χ4v) is 4.63. The minimum Gasteiger partial charge on any atom is -0.404 e. The van der Waals surface area contributed by atoms with E-state index < -0.39 is 47.3 Å². The third-order valence-electron chi connectivity index (χ3n) is 2.07. The fraction of sp³-hybridized carbons (Fsp3) is 0.333. The van der Waals surface area contributed by atoms with Crippen LogP contribution in [-0.4, -0.2) is 33.8 Å². The Kier molecular flexibility index (Phi) is 4.73. The monoisotopic (exact) mass is 372 g/mol. The molecule has 0 aliphatic heterocycles. The largest absolute Gasteiger partial charge is 0.573 e. The van der Waals surface area contributed by atoms with E-state index in [1.54, 1.807) is 0 Å². The molecule has 0 bridgehead atoms. The number of ether oxygens (including phenoxy) is 1. The second-order valence-corrected chi connectivity index (χ2v) is 8.09. The maximum absolute atomic E-state index is 12.2. The van der Waals surface area contributed by atoms with Crippen LogP contribution in [0.2, 0.25) is 0 Å². The van der Waals surface area contributed by atoms with Gasteiger partial charge < -0.3 is 4.74 Å². The molecule has 0 heterocycles.